The van der Waals surface area contributed by atoms with E-state index in [-0.39, 0.29) is 12.3 Å². The van der Waals surface area contributed by atoms with E-state index in [1.165, 1.54) is 12.4 Å². The summed E-state index contributed by atoms with van der Waals surface area (Å²) >= 11 is 0. The largest absolute Gasteiger partial charge is 0.370 e. The molecule has 0 aliphatic rings. The maximum atomic E-state index is 11.4. The molecule has 0 radical (unpaired) electrons. The molecule has 0 aromatic carbocycles. The topological polar surface area (TPSA) is 138 Å². The van der Waals surface area contributed by atoms with Gasteiger partial charge in [0.05, 0.1) is 30.0 Å². The predicted octanol–water partition coefficient (Wildman–Crippen LogP) is 0.275. The molecule has 0 spiro atoms. The molecule has 25 heavy (non-hydrogen) atoms. The van der Waals surface area contributed by atoms with Crippen LogP contribution in [0.4, 0.5) is 0 Å². The summed E-state index contributed by atoms with van der Waals surface area (Å²) in [5.74, 6) is 0.0898. The number of nitrogens with zero attached hydrogens (tertiary/aromatic N) is 6. The molecule has 0 saturated heterocycles. The van der Waals surface area contributed by atoms with E-state index in [2.05, 4.69) is 30.5 Å². The molecule has 1 amide bonds. The minimum atomic E-state index is -0.509. The average molecular weight is 342 g/mol. The predicted molar refractivity (Wildman–Crippen MR) is 86.7 cm³/mol. The molecule has 10 nitrogen and oxygen atoms in total. The third kappa shape index (κ3) is 4.04. The van der Waals surface area contributed by atoms with E-state index in [4.69, 9.17) is 10.3 Å². The van der Waals surface area contributed by atoms with Gasteiger partial charge in [-0.25, -0.2) is 4.98 Å². The molecule has 0 aliphatic carbocycles. The second-order valence-electron chi connectivity index (χ2n) is 5.55. The molecule has 0 aliphatic heterocycles. The molecule has 3 aromatic heterocycles. The van der Waals surface area contributed by atoms with Gasteiger partial charge in [0.2, 0.25) is 17.6 Å². The highest BCUT2D eigenvalue weighted by atomic mass is 16.5. The zero-order valence-corrected chi connectivity index (χ0v) is 13.9. The lowest BCUT2D eigenvalue weighted by Gasteiger charge is -2.13. The number of aromatic nitrogens is 6. The standard InChI is InChI=1S/C15H18N8O2/c1-9-5-10(23(2)21-9)7-19-11(6-13(16)24)15-20-14(22-25-15)12-8-17-3-4-18-12/h3-5,8,11,19H,6-7H2,1-2H3,(H2,16,24)/t11-/m0/s1. The number of rotatable bonds is 7. The summed E-state index contributed by atoms with van der Waals surface area (Å²) in [6.45, 7) is 2.38. The van der Waals surface area contributed by atoms with Gasteiger partial charge in [-0.15, -0.1) is 0 Å². The van der Waals surface area contributed by atoms with E-state index in [1.807, 2.05) is 20.0 Å². The summed E-state index contributed by atoms with van der Waals surface area (Å²) in [5, 5.41) is 11.4. The summed E-state index contributed by atoms with van der Waals surface area (Å²) in [5.41, 5.74) is 7.70. The van der Waals surface area contributed by atoms with Crippen molar-refractivity contribution in [3.05, 3.63) is 41.9 Å². The number of hydrogen-bond acceptors (Lipinski definition) is 8. The third-order valence-corrected chi connectivity index (χ3v) is 3.57. The van der Waals surface area contributed by atoms with Crippen LogP contribution in [0.3, 0.4) is 0 Å². The van der Waals surface area contributed by atoms with E-state index < -0.39 is 11.9 Å². The van der Waals surface area contributed by atoms with Crippen LogP contribution in [0.15, 0.2) is 29.2 Å². The lowest BCUT2D eigenvalue weighted by Crippen LogP contribution is -2.27. The van der Waals surface area contributed by atoms with E-state index in [1.54, 1.807) is 10.9 Å². The van der Waals surface area contributed by atoms with Gasteiger partial charge < -0.3 is 10.3 Å². The molecule has 10 heteroatoms. The van der Waals surface area contributed by atoms with Crippen molar-refractivity contribution < 1.29 is 9.32 Å². The molecule has 1 atom stereocenters. The SMILES string of the molecule is Cc1cc(CN[C@@H](CC(N)=O)c2nc(-c3cnccn3)no2)n(C)n1. The number of carbonyl (C=O) groups excluding carboxylic acids is 1. The Kier molecular flexibility index (Phi) is 4.80. The number of primary amides is 1. The molecule has 3 N–H and O–H groups in total. The number of nitrogens with one attached hydrogen (secondary N) is 1. The lowest BCUT2D eigenvalue weighted by atomic mass is 10.2. The van der Waals surface area contributed by atoms with Gasteiger partial charge in [0.25, 0.3) is 0 Å². The van der Waals surface area contributed by atoms with Crippen molar-refractivity contribution in [2.45, 2.75) is 25.9 Å². The first-order chi connectivity index (χ1) is 12.0. The molecular formula is C15H18N8O2. The van der Waals surface area contributed by atoms with Gasteiger partial charge in [-0.2, -0.15) is 10.1 Å². The Balaban J connectivity index is 1.77. The first-order valence-corrected chi connectivity index (χ1v) is 7.64. The van der Waals surface area contributed by atoms with E-state index >= 15 is 0 Å². The number of hydrogen-bond donors (Lipinski definition) is 2. The minimum absolute atomic E-state index is 0.0267. The number of amides is 1. The van der Waals surface area contributed by atoms with Crippen LogP contribution in [0.1, 0.15) is 29.7 Å². The Labute approximate surface area is 143 Å². The minimum Gasteiger partial charge on any atom is -0.370 e. The van der Waals surface area contributed by atoms with Gasteiger partial charge in [0, 0.05) is 26.0 Å². The first-order valence-electron chi connectivity index (χ1n) is 7.64. The fourth-order valence-electron chi connectivity index (χ4n) is 2.40. The van der Waals surface area contributed by atoms with Crippen LogP contribution in [-0.4, -0.2) is 35.8 Å². The molecule has 3 aromatic rings. The Bertz CT molecular complexity index is 858. The second kappa shape index (κ2) is 7.18. The maximum absolute atomic E-state index is 11.4. The van der Waals surface area contributed by atoms with Crippen LogP contribution < -0.4 is 11.1 Å². The quantitative estimate of drug-likeness (QED) is 0.624. The molecule has 0 saturated carbocycles. The smallest absolute Gasteiger partial charge is 0.244 e. The maximum Gasteiger partial charge on any atom is 0.244 e. The lowest BCUT2D eigenvalue weighted by molar-refractivity contribution is -0.118. The molecule has 3 heterocycles. The monoisotopic (exact) mass is 342 g/mol. The van der Waals surface area contributed by atoms with Crippen molar-refractivity contribution in [1.82, 2.24) is 35.2 Å². The molecule has 3 rings (SSSR count). The van der Waals surface area contributed by atoms with Crippen LogP contribution >= 0.6 is 0 Å². The van der Waals surface area contributed by atoms with Crippen molar-refractivity contribution in [3.8, 4) is 11.5 Å². The van der Waals surface area contributed by atoms with Crippen LogP contribution in [-0.2, 0) is 18.4 Å². The van der Waals surface area contributed by atoms with Crippen molar-refractivity contribution in [3.63, 3.8) is 0 Å². The zero-order valence-electron chi connectivity index (χ0n) is 13.9. The highest BCUT2D eigenvalue weighted by Gasteiger charge is 2.22. The third-order valence-electron chi connectivity index (χ3n) is 3.57. The summed E-state index contributed by atoms with van der Waals surface area (Å²) < 4.78 is 7.05. The highest BCUT2D eigenvalue weighted by Crippen LogP contribution is 2.19. The fraction of sp³-hybridized carbons (Fsp3) is 0.333. The van der Waals surface area contributed by atoms with Crippen molar-refractivity contribution in [1.29, 1.82) is 0 Å². The van der Waals surface area contributed by atoms with Crippen LogP contribution in [0.2, 0.25) is 0 Å². The first kappa shape index (κ1) is 16.7. The molecule has 130 valence electrons. The van der Waals surface area contributed by atoms with Gasteiger partial charge in [-0.3, -0.25) is 19.8 Å². The molecule has 0 bridgehead atoms. The van der Waals surface area contributed by atoms with Gasteiger partial charge in [-0.05, 0) is 13.0 Å². The summed E-state index contributed by atoms with van der Waals surface area (Å²) in [7, 11) is 1.85. The Morgan fingerprint density at radius 3 is 2.92 bits per heavy atom. The normalized spacial score (nSPS) is 12.2. The van der Waals surface area contributed by atoms with Gasteiger partial charge in [0.1, 0.15) is 5.69 Å². The molecular weight excluding hydrogens is 324 g/mol. The Morgan fingerprint density at radius 1 is 1.44 bits per heavy atom. The van der Waals surface area contributed by atoms with E-state index in [9.17, 15) is 4.79 Å². The van der Waals surface area contributed by atoms with Crippen LogP contribution in [0.25, 0.3) is 11.5 Å². The van der Waals surface area contributed by atoms with Crippen LogP contribution in [0, 0.1) is 6.92 Å². The van der Waals surface area contributed by atoms with Crippen LogP contribution in [0.5, 0.6) is 0 Å². The highest BCUT2D eigenvalue weighted by molar-refractivity contribution is 5.74. The number of carbonyl (C=O) groups is 1. The summed E-state index contributed by atoms with van der Waals surface area (Å²) in [6.07, 6.45) is 4.65. The zero-order chi connectivity index (χ0) is 17.8. The molecule has 0 unspecified atom stereocenters. The Hall–Kier alpha value is -3.14. The van der Waals surface area contributed by atoms with Crippen molar-refractivity contribution in [2.24, 2.45) is 12.8 Å². The number of nitrogens with two attached hydrogens (primary N) is 1. The Morgan fingerprint density at radius 2 is 2.28 bits per heavy atom. The second-order valence-corrected chi connectivity index (χ2v) is 5.55. The molecule has 0 fully saturated rings. The van der Waals surface area contributed by atoms with E-state index in [0.717, 1.165) is 11.4 Å². The van der Waals surface area contributed by atoms with Gasteiger partial charge in [-0.1, -0.05) is 5.16 Å². The summed E-state index contributed by atoms with van der Waals surface area (Å²) in [4.78, 5) is 23.8. The van der Waals surface area contributed by atoms with Gasteiger partial charge in [0.15, 0.2) is 0 Å². The van der Waals surface area contributed by atoms with Gasteiger partial charge >= 0.3 is 0 Å². The van der Waals surface area contributed by atoms with Crippen molar-refractivity contribution >= 4 is 5.91 Å². The summed E-state index contributed by atoms with van der Waals surface area (Å²) in [6, 6.07) is 1.44. The number of aryl methyl sites for hydroxylation is 2. The fourth-order valence-corrected chi connectivity index (χ4v) is 2.40. The average Bonchev–Trinajstić information content (AvgIpc) is 3.19. The van der Waals surface area contributed by atoms with Crippen molar-refractivity contribution in [2.75, 3.05) is 0 Å². The van der Waals surface area contributed by atoms with E-state index in [0.29, 0.717) is 18.1 Å².